The van der Waals surface area contributed by atoms with Crippen molar-refractivity contribution < 1.29 is 9.18 Å². The van der Waals surface area contributed by atoms with Crippen LogP contribution >= 0.6 is 11.8 Å². The number of hydrogen-bond donors (Lipinski definition) is 0. The minimum atomic E-state index is -0.330. The average molecular weight is 290 g/mol. The summed E-state index contributed by atoms with van der Waals surface area (Å²) in [6, 6.07) is 6.20. The summed E-state index contributed by atoms with van der Waals surface area (Å²) in [5.74, 6) is 1.64. The lowest BCUT2D eigenvalue weighted by molar-refractivity contribution is 0.0774. The molecule has 0 radical (unpaired) electrons. The quantitative estimate of drug-likeness (QED) is 0.809. The van der Waals surface area contributed by atoms with E-state index < -0.39 is 0 Å². The molecule has 2 aromatic rings. The summed E-state index contributed by atoms with van der Waals surface area (Å²) in [5, 5.41) is 0.722. The van der Waals surface area contributed by atoms with Crippen molar-refractivity contribution in [2.24, 2.45) is 0 Å². The number of aromatic nitrogens is 1. The highest BCUT2D eigenvalue weighted by atomic mass is 32.2. The maximum atomic E-state index is 13.3. The number of carbonyl (C=O) groups excluding carboxylic acids is 1. The van der Waals surface area contributed by atoms with Crippen LogP contribution in [0.2, 0.25) is 0 Å². The molecule has 1 fully saturated rings. The molecule has 1 saturated heterocycles. The van der Waals surface area contributed by atoms with E-state index in [2.05, 4.69) is 4.98 Å². The summed E-state index contributed by atoms with van der Waals surface area (Å²) in [6.07, 6.45) is 0. The number of carbonyl (C=O) groups is 1. The van der Waals surface area contributed by atoms with E-state index in [4.69, 9.17) is 0 Å². The molecule has 1 aliphatic heterocycles. The second-order valence-electron chi connectivity index (χ2n) is 4.88. The highest BCUT2D eigenvalue weighted by Crippen LogP contribution is 2.22. The third-order valence-corrected chi connectivity index (χ3v) is 4.37. The van der Waals surface area contributed by atoms with E-state index in [1.165, 1.54) is 12.1 Å². The number of rotatable bonds is 1. The largest absolute Gasteiger partial charge is 0.337 e. The van der Waals surface area contributed by atoms with Gasteiger partial charge in [0, 0.05) is 41.7 Å². The number of hydrogen-bond acceptors (Lipinski definition) is 3. The average Bonchev–Trinajstić information content (AvgIpc) is 2.46. The van der Waals surface area contributed by atoms with E-state index in [0.717, 1.165) is 35.7 Å². The summed E-state index contributed by atoms with van der Waals surface area (Å²) in [7, 11) is 0. The molecule has 1 amide bonds. The van der Waals surface area contributed by atoms with Crippen LogP contribution in [-0.4, -0.2) is 40.4 Å². The fraction of sp³-hybridized carbons (Fsp3) is 0.333. The van der Waals surface area contributed by atoms with Gasteiger partial charge in [-0.1, -0.05) is 0 Å². The standard InChI is InChI=1S/C15H15FN2OS/c1-10-8-13(15(19)18-4-6-20-7-5-18)12-3-2-11(16)9-14(12)17-10/h2-3,8-9H,4-7H2,1H3. The van der Waals surface area contributed by atoms with Gasteiger partial charge in [0.05, 0.1) is 11.1 Å². The van der Waals surface area contributed by atoms with Crippen LogP contribution in [0.25, 0.3) is 10.9 Å². The number of pyridine rings is 1. The van der Waals surface area contributed by atoms with Crippen LogP contribution in [0.15, 0.2) is 24.3 Å². The first-order valence-corrected chi connectivity index (χ1v) is 7.74. The Morgan fingerprint density at radius 3 is 2.80 bits per heavy atom. The van der Waals surface area contributed by atoms with Gasteiger partial charge in [-0.25, -0.2) is 4.39 Å². The van der Waals surface area contributed by atoms with Crippen molar-refractivity contribution in [2.45, 2.75) is 6.92 Å². The van der Waals surface area contributed by atoms with Gasteiger partial charge in [0.25, 0.3) is 5.91 Å². The lowest BCUT2D eigenvalue weighted by atomic mass is 10.1. The Kier molecular flexibility index (Phi) is 3.61. The molecule has 1 aliphatic rings. The van der Waals surface area contributed by atoms with E-state index in [1.807, 2.05) is 23.6 Å². The molecule has 0 saturated carbocycles. The monoisotopic (exact) mass is 290 g/mol. The molecular weight excluding hydrogens is 275 g/mol. The molecule has 2 heterocycles. The molecule has 104 valence electrons. The van der Waals surface area contributed by atoms with Gasteiger partial charge in [0.2, 0.25) is 0 Å². The number of halogens is 1. The second-order valence-corrected chi connectivity index (χ2v) is 6.10. The Balaban J connectivity index is 2.07. The van der Waals surface area contributed by atoms with Gasteiger partial charge in [-0.3, -0.25) is 9.78 Å². The zero-order valence-electron chi connectivity index (χ0n) is 11.2. The summed E-state index contributed by atoms with van der Waals surface area (Å²) in [5.41, 5.74) is 1.90. The Hall–Kier alpha value is -1.62. The van der Waals surface area contributed by atoms with Crippen LogP contribution in [-0.2, 0) is 0 Å². The number of fused-ring (bicyclic) bond motifs is 1. The molecule has 0 spiro atoms. The van der Waals surface area contributed by atoms with Gasteiger partial charge in [-0.15, -0.1) is 0 Å². The smallest absolute Gasteiger partial charge is 0.254 e. The number of nitrogens with zero attached hydrogens (tertiary/aromatic N) is 2. The van der Waals surface area contributed by atoms with E-state index >= 15 is 0 Å². The summed E-state index contributed by atoms with van der Waals surface area (Å²) in [4.78, 5) is 18.8. The van der Waals surface area contributed by atoms with E-state index in [-0.39, 0.29) is 11.7 Å². The van der Waals surface area contributed by atoms with Crippen LogP contribution in [0.1, 0.15) is 16.1 Å². The molecule has 20 heavy (non-hydrogen) atoms. The minimum absolute atomic E-state index is 0.0207. The highest BCUT2D eigenvalue weighted by Gasteiger charge is 2.21. The van der Waals surface area contributed by atoms with Crippen LogP contribution in [0.3, 0.4) is 0 Å². The number of aryl methyl sites for hydroxylation is 1. The third kappa shape index (κ3) is 2.50. The number of thioether (sulfide) groups is 1. The fourth-order valence-corrected chi connectivity index (χ4v) is 3.35. The predicted octanol–water partition coefficient (Wildman–Crippen LogP) is 2.87. The van der Waals surface area contributed by atoms with Crippen molar-refractivity contribution >= 4 is 28.6 Å². The SMILES string of the molecule is Cc1cc(C(=O)N2CCSCC2)c2ccc(F)cc2n1. The zero-order valence-corrected chi connectivity index (χ0v) is 12.0. The minimum Gasteiger partial charge on any atom is -0.337 e. The Morgan fingerprint density at radius 2 is 2.05 bits per heavy atom. The lowest BCUT2D eigenvalue weighted by Crippen LogP contribution is -2.38. The van der Waals surface area contributed by atoms with Crippen molar-refractivity contribution in [3.8, 4) is 0 Å². The molecular formula is C15H15FN2OS. The normalized spacial score (nSPS) is 15.6. The molecule has 0 atom stereocenters. The summed E-state index contributed by atoms with van der Waals surface area (Å²) < 4.78 is 13.3. The zero-order chi connectivity index (χ0) is 14.1. The third-order valence-electron chi connectivity index (χ3n) is 3.43. The highest BCUT2D eigenvalue weighted by molar-refractivity contribution is 7.99. The first-order chi connectivity index (χ1) is 9.65. The van der Waals surface area contributed by atoms with Gasteiger partial charge in [-0.05, 0) is 25.1 Å². The lowest BCUT2D eigenvalue weighted by Gasteiger charge is -2.27. The first-order valence-electron chi connectivity index (χ1n) is 6.59. The second kappa shape index (κ2) is 5.40. The topological polar surface area (TPSA) is 33.2 Å². The Morgan fingerprint density at radius 1 is 1.30 bits per heavy atom. The molecule has 0 unspecified atom stereocenters. The maximum Gasteiger partial charge on any atom is 0.254 e. The van der Waals surface area contributed by atoms with Crippen molar-refractivity contribution in [3.05, 3.63) is 41.3 Å². The van der Waals surface area contributed by atoms with Crippen LogP contribution in [0.4, 0.5) is 4.39 Å². The van der Waals surface area contributed by atoms with Gasteiger partial charge in [0.15, 0.2) is 0 Å². The number of benzene rings is 1. The summed E-state index contributed by atoms with van der Waals surface area (Å²) >= 11 is 1.86. The van der Waals surface area contributed by atoms with Crippen LogP contribution in [0, 0.1) is 12.7 Å². The maximum absolute atomic E-state index is 13.3. The molecule has 0 N–H and O–H groups in total. The Labute approximate surface area is 121 Å². The van der Waals surface area contributed by atoms with Crippen molar-refractivity contribution in [1.29, 1.82) is 0 Å². The summed E-state index contributed by atoms with van der Waals surface area (Å²) in [6.45, 7) is 3.37. The van der Waals surface area contributed by atoms with E-state index in [0.29, 0.717) is 11.1 Å². The van der Waals surface area contributed by atoms with E-state index in [1.54, 1.807) is 12.1 Å². The first kappa shape index (κ1) is 13.4. The van der Waals surface area contributed by atoms with Gasteiger partial charge < -0.3 is 4.90 Å². The fourth-order valence-electron chi connectivity index (χ4n) is 2.45. The van der Waals surface area contributed by atoms with Crippen LogP contribution < -0.4 is 0 Å². The van der Waals surface area contributed by atoms with Gasteiger partial charge in [0.1, 0.15) is 5.82 Å². The molecule has 1 aromatic carbocycles. The Bertz CT molecular complexity index is 663. The predicted molar refractivity (Wildman–Crippen MR) is 79.7 cm³/mol. The van der Waals surface area contributed by atoms with Gasteiger partial charge in [-0.2, -0.15) is 11.8 Å². The van der Waals surface area contributed by atoms with E-state index in [9.17, 15) is 9.18 Å². The molecule has 5 heteroatoms. The molecule has 3 rings (SSSR count). The number of amides is 1. The molecule has 3 nitrogen and oxygen atoms in total. The van der Waals surface area contributed by atoms with Gasteiger partial charge >= 0.3 is 0 Å². The molecule has 0 bridgehead atoms. The molecule has 1 aromatic heterocycles. The molecule has 0 aliphatic carbocycles. The van der Waals surface area contributed by atoms with Crippen LogP contribution in [0.5, 0.6) is 0 Å². The van der Waals surface area contributed by atoms with Crippen molar-refractivity contribution in [3.63, 3.8) is 0 Å². The van der Waals surface area contributed by atoms with Crippen molar-refractivity contribution in [1.82, 2.24) is 9.88 Å². The van der Waals surface area contributed by atoms with Crippen molar-refractivity contribution in [2.75, 3.05) is 24.6 Å².